The van der Waals surface area contributed by atoms with Crippen molar-refractivity contribution >= 4 is 11.5 Å². The molecule has 1 fully saturated rings. The summed E-state index contributed by atoms with van der Waals surface area (Å²) in [6.45, 7) is 2.84. The predicted molar refractivity (Wildman–Crippen MR) is 60.9 cm³/mol. The van der Waals surface area contributed by atoms with E-state index in [-0.39, 0.29) is 0 Å². The van der Waals surface area contributed by atoms with E-state index in [0.717, 1.165) is 12.5 Å². The molecular weight excluding hydrogens is 204 g/mol. The highest BCUT2D eigenvalue weighted by atomic mass is 16.4. The predicted octanol–water partition coefficient (Wildman–Crippen LogP) is 2.17. The summed E-state index contributed by atoms with van der Waals surface area (Å²) in [5.41, 5.74) is 0.868. The number of allylic oxidation sites excluding steroid dienone is 1. The van der Waals surface area contributed by atoms with Gasteiger partial charge in [-0.05, 0) is 31.2 Å². The number of hydrogen-bond donors (Lipinski definition) is 1. The van der Waals surface area contributed by atoms with Gasteiger partial charge in [-0.25, -0.2) is 4.79 Å². The van der Waals surface area contributed by atoms with E-state index in [1.807, 2.05) is 17.8 Å². The van der Waals surface area contributed by atoms with E-state index >= 15 is 0 Å². The van der Waals surface area contributed by atoms with Crippen molar-refractivity contribution in [1.82, 2.24) is 9.78 Å². The van der Waals surface area contributed by atoms with Crippen molar-refractivity contribution in [3.8, 4) is 0 Å². The van der Waals surface area contributed by atoms with Gasteiger partial charge in [0.05, 0.1) is 11.3 Å². The minimum absolute atomic E-state index is 0.303. The number of carbonyl (C=O) groups is 1. The summed E-state index contributed by atoms with van der Waals surface area (Å²) < 4.78 is 1.85. The van der Waals surface area contributed by atoms with Crippen molar-refractivity contribution < 1.29 is 9.90 Å². The molecule has 1 aliphatic carbocycles. The second kappa shape index (κ2) is 4.51. The Balaban J connectivity index is 2.14. The minimum Gasteiger partial charge on any atom is -0.478 e. The molecule has 0 saturated heterocycles. The Hall–Kier alpha value is -1.58. The molecule has 4 nitrogen and oxygen atoms in total. The fourth-order valence-electron chi connectivity index (χ4n) is 1.68. The van der Waals surface area contributed by atoms with Crippen LogP contribution in [0.15, 0.2) is 18.3 Å². The third-order valence-electron chi connectivity index (χ3n) is 2.70. The van der Waals surface area contributed by atoms with Gasteiger partial charge in [-0.3, -0.25) is 4.68 Å². The number of nitrogens with zero attached hydrogens (tertiary/aromatic N) is 2. The fourth-order valence-corrected chi connectivity index (χ4v) is 1.68. The lowest BCUT2D eigenvalue weighted by atomic mass is 10.1. The van der Waals surface area contributed by atoms with Crippen LogP contribution in [0.25, 0.3) is 5.57 Å². The molecule has 0 radical (unpaired) electrons. The second-order valence-corrected chi connectivity index (χ2v) is 4.20. The summed E-state index contributed by atoms with van der Waals surface area (Å²) in [5, 5.41) is 13.3. The Morgan fingerprint density at radius 1 is 1.69 bits per heavy atom. The lowest BCUT2D eigenvalue weighted by molar-refractivity contribution is -0.130. The quantitative estimate of drug-likeness (QED) is 0.774. The second-order valence-electron chi connectivity index (χ2n) is 4.20. The Bertz CT molecular complexity index is 416. The van der Waals surface area contributed by atoms with Gasteiger partial charge in [-0.15, -0.1) is 0 Å². The molecule has 16 heavy (non-hydrogen) atoms. The molecule has 2 rings (SSSR count). The first kappa shape index (κ1) is 10.9. The summed E-state index contributed by atoms with van der Waals surface area (Å²) in [5.74, 6) is -0.158. The van der Waals surface area contributed by atoms with Crippen LogP contribution in [0.3, 0.4) is 0 Å². The van der Waals surface area contributed by atoms with Gasteiger partial charge >= 0.3 is 5.97 Å². The van der Waals surface area contributed by atoms with Crippen molar-refractivity contribution in [3.05, 3.63) is 24.0 Å². The van der Waals surface area contributed by atoms with Crippen molar-refractivity contribution in [2.24, 2.45) is 5.92 Å². The molecule has 0 bridgehead atoms. The highest BCUT2D eigenvalue weighted by Crippen LogP contribution is 2.30. The zero-order valence-corrected chi connectivity index (χ0v) is 9.39. The summed E-state index contributed by atoms with van der Waals surface area (Å²) in [4.78, 5) is 11.0. The van der Waals surface area contributed by atoms with Crippen LogP contribution in [0.5, 0.6) is 0 Å². The zero-order chi connectivity index (χ0) is 11.5. The molecule has 1 aromatic rings. The van der Waals surface area contributed by atoms with E-state index in [1.54, 1.807) is 12.1 Å². The van der Waals surface area contributed by atoms with E-state index < -0.39 is 5.97 Å². The Labute approximate surface area is 94.6 Å². The van der Waals surface area contributed by atoms with E-state index in [2.05, 4.69) is 5.10 Å². The zero-order valence-electron chi connectivity index (χ0n) is 9.39. The van der Waals surface area contributed by atoms with Gasteiger partial charge in [0.1, 0.15) is 0 Å². The third kappa shape index (κ3) is 2.51. The molecule has 0 aromatic carbocycles. The van der Waals surface area contributed by atoms with Crippen LogP contribution >= 0.6 is 0 Å². The molecule has 0 spiro atoms. The van der Waals surface area contributed by atoms with Crippen LogP contribution < -0.4 is 0 Å². The number of aliphatic carboxylic acids is 1. The van der Waals surface area contributed by atoms with Gasteiger partial charge in [-0.2, -0.15) is 5.10 Å². The van der Waals surface area contributed by atoms with E-state index in [0.29, 0.717) is 17.7 Å². The number of hydrogen-bond acceptors (Lipinski definition) is 2. The minimum atomic E-state index is -0.904. The van der Waals surface area contributed by atoms with Crippen LogP contribution in [0.1, 0.15) is 31.9 Å². The third-order valence-corrected chi connectivity index (χ3v) is 2.70. The maximum Gasteiger partial charge on any atom is 0.337 e. The fraction of sp³-hybridized carbons (Fsp3) is 0.500. The van der Waals surface area contributed by atoms with Crippen molar-refractivity contribution in [2.75, 3.05) is 0 Å². The Morgan fingerprint density at radius 2 is 2.44 bits per heavy atom. The van der Waals surface area contributed by atoms with Crippen LogP contribution in [-0.4, -0.2) is 20.9 Å². The smallest absolute Gasteiger partial charge is 0.337 e. The van der Waals surface area contributed by atoms with E-state index in [9.17, 15) is 4.79 Å². The van der Waals surface area contributed by atoms with Gasteiger partial charge < -0.3 is 5.11 Å². The topological polar surface area (TPSA) is 55.1 Å². The molecule has 0 amide bonds. The maximum atomic E-state index is 11.0. The molecular formula is C12H16N2O2. The van der Waals surface area contributed by atoms with Crippen molar-refractivity contribution in [1.29, 1.82) is 0 Å². The largest absolute Gasteiger partial charge is 0.478 e. The van der Waals surface area contributed by atoms with Crippen LogP contribution in [-0.2, 0) is 11.3 Å². The average Bonchev–Trinajstić information content (AvgIpc) is 2.92. The molecule has 1 saturated carbocycles. The summed E-state index contributed by atoms with van der Waals surface area (Å²) in [7, 11) is 0. The number of carboxylic acid groups (broad SMARTS) is 1. The van der Waals surface area contributed by atoms with Gasteiger partial charge in [0.25, 0.3) is 0 Å². The molecule has 1 N–H and O–H groups in total. The van der Waals surface area contributed by atoms with Gasteiger partial charge in [0.2, 0.25) is 0 Å². The first-order valence-corrected chi connectivity index (χ1v) is 5.68. The monoisotopic (exact) mass is 220 g/mol. The Morgan fingerprint density at radius 3 is 3.00 bits per heavy atom. The molecule has 1 heterocycles. The molecule has 1 aliphatic rings. The normalized spacial score (nSPS) is 16.4. The van der Waals surface area contributed by atoms with Crippen molar-refractivity contribution in [3.63, 3.8) is 0 Å². The first-order valence-electron chi connectivity index (χ1n) is 5.68. The molecule has 1 aromatic heterocycles. The number of carboxylic acids is 1. The van der Waals surface area contributed by atoms with Gasteiger partial charge in [0, 0.05) is 12.7 Å². The lowest BCUT2D eigenvalue weighted by Gasteiger charge is -1.99. The highest BCUT2D eigenvalue weighted by molar-refractivity contribution is 6.14. The van der Waals surface area contributed by atoms with Crippen molar-refractivity contribution in [2.45, 2.75) is 32.7 Å². The van der Waals surface area contributed by atoms with E-state index in [1.165, 1.54) is 12.8 Å². The summed E-state index contributed by atoms with van der Waals surface area (Å²) in [6, 6.07) is 1.78. The molecule has 0 aliphatic heterocycles. The SMILES string of the molecule is CC/C=C(/C(=O)O)c1ccn(CC2CC2)n1. The highest BCUT2D eigenvalue weighted by Gasteiger charge is 2.22. The van der Waals surface area contributed by atoms with Crippen LogP contribution in [0.4, 0.5) is 0 Å². The molecule has 0 unspecified atom stereocenters. The lowest BCUT2D eigenvalue weighted by Crippen LogP contribution is -2.04. The molecule has 0 atom stereocenters. The first-order chi connectivity index (χ1) is 7.70. The summed E-state index contributed by atoms with van der Waals surface area (Å²) >= 11 is 0. The number of aromatic nitrogens is 2. The maximum absolute atomic E-state index is 11.0. The van der Waals surface area contributed by atoms with Crippen LogP contribution in [0.2, 0.25) is 0 Å². The van der Waals surface area contributed by atoms with Crippen LogP contribution in [0, 0.1) is 5.92 Å². The molecule has 86 valence electrons. The van der Waals surface area contributed by atoms with Gasteiger partial charge in [0.15, 0.2) is 0 Å². The summed E-state index contributed by atoms with van der Waals surface area (Å²) in [6.07, 6.45) is 6.81. The standard InChI is InChI=1S/C12H16N2O2/c1-2-3-10(12(15)16)11-6-7-14(13-11)8-9-4-5-9/h3,6-7,9H,2,4-5,8H2,1H3,(H,15,16)/b10-3+. The van der Waals surface area contributed by atoms with E-state index in [4.69, 9.17) is 5.11 Å². The van der Waals surface area contributed by atoms with Gasteiger partial charge in [-0.1, -0.05) is 13.0 Å². The number of rotatable bonds is 5. The molecule has 4 heteroatoms. The average molecular weight is 220 g/mol. The Kier molecular flexibility index (Phi) is 3.08.